The van der Waals surface area contributed by atoms with E-state index in [0.717, 1.165) is 4.90 Å². The molecule has 0 spiro atoms. The molecule has 0 aliphatic carbocycles. The van der Waals surface area contributed by atoms with Crippen molar-refractivity contribution in [2.45, 2.75) is 18.1 Å². The summed E-state index contributed by atoms with van der Waals surface area (Å²) < 4.78 is 46.4. The maximum atomic E-state index is 13.3. The van der Waals surface area contributed by atoms with Crippen molar-refractivity contribution < 1.29 is 32.5 Å². The van der Waals surface area contributed by atoms with Crippen LogP contribution in [0.2, 0.25) is 0 Å². The molecular weight excluding hydrogens is 496 g/mol. The Morgan fingerprint density at radius 1 is 1.11 bits per heavy atom. The van der Waals surface area contributed by atoms with Gasteiger partial charge in [0, 0.05) is 19.2 Å². The molecule has 0 unspecified atom stereocenters. The first-order valence-electron chi connectivity index (χ1n) is 10.7. The van der Waals surface area contributed by atoms with E-state index in [-0.39, 0.29) is 48.7 Å². The van der Waals surface area contributed by atoms with Crippen LogP contribution in [0.3, 0.4) is 0 Å². The number of aromatic nitrogens is 6. The molecule has 2 N–H and O–H groups in total. The summed E-state index contributed by atoms with van der Waals surface area (Å²) in [6.45, 7) is 0.0864. The molecule has 1 aliphatic rings. The fraction of sp³-hybridized carbons (Fsp3) is 0.400. The topological polar surface area (TPSA) is 184 Å². The number of ether oxygens (including phenoxy) is 3. The van der Waals surface area contributed by atoms with Gasteiger partial charge in [-0.05, 0) is 18.9 Å². The van der Waals surface area contributed by atoms with Crippen molar-refractivity contribution in [3.05, 3.63) is 24.5 Å². The molecule has 1 fully saturated rings. The molecular formula is C20H24N8O7S. The molecule has 0 aromatic carbocycles. The first kappa shape index (κ1) is 24.9. The monoisotopic (exact) mass is 520 g/mol. The number of rotatable bonds is 8. The molecule has 4 rings (SSSR count). The quantitative estimate of drug-likeness (QED) is 0.431. The average Bonchev–Trinajstić information content (AvgIpc) is 3.30. The van der Waals surface area contributed by atoms with E-state index in [4.69, 9.17) is 14.2 Å². The molecule has 0 saturated carbocycles. The third kappa shape index (κ3) is 4.79. The van der Waals surface area contributed by atoms with E-state index in [9.17, 15) is 18.3 Å². The first-order valence-corrected chi connectivity index (χ1v) is 12.2. The molecule has 36 heavy (non-hydrogen) atoms. The highest BCUT2D eigenvalue weighted by Crippen LogP contribution is 2.35. The van der Waals surface area contributed by atoms with Crippen LogP contribution in [0.4, 0.5) is 10.7 Å². The molecule has 4 heterocycles. The molecule has 192 valence electrons. The van der Waals surface area contributed by atoms with Crippen LogP contribution in [0.15, 0.2) is 24.5 Å². The molecule has 0 bridgehead atoms. The molecule has 0 radical (unpaired) electrons. The van der Waals surface area contributed by atoms with Gasteiger partial charge in [-0.2, -0.15) is 9.97 Å². The predicted octanol–water partition coefficient (Wildman–Crippen LogP) is 1.03. The van der Waals surface area contributed by atoms with Crippen molar-refractivity contribution in [2.75, 3.05) is 39.1 Å². The van der Waals surface area contributed by atoms with Crippen LogP contribution in [0.1, 0.15) is 12.8 Å². The van der Waals surface area contributed by atoms with Gasteiger partial charge in [-0.1, -0.05) is 6.07 Å². The smallest absolute Gasteiger partial charge is 0.407 e. The van der Waals surface area contributed by atoms with Crippen LogP contribution in [-0.4, -0.2) is 93.9 Å². The van der Waals surface area contributed by atoms with Gasteiger partial charge in [0.2, 0.25) is 33.6 Å². The molecule has 1 aliphatic heterocycles. The minimum Gasteiger partial charge on any atom is -0.481 e. The van der Waals surface area contributed by atoms with Crippen LogP contribution in [0.25, 0.3) is 17.2 Å². The molecule has 3 aromatic rings. The number of piperidine rings is 1. The molecule has 16 heteroatoms. The SMILES string of the molecule is COc1cccc(-c2nnc(NS(=O)(=O)[C@@H]3CCCN(C(=O)O)C3)n2-c2c(OC)ncnc2OC)n1. The number of likely N-dealkylation sites (tertiary alicyclic amines) is 1. The number of methoxy groups -OCH3 is 3. The summed E-state index contributed by atoms with van der Waals surface area (Å²) in [6.07, 6.45) is 0.720. The van der Waals surface area contributed by atoms with Gasteiger partial charge in [0.15, 0.2) is 11.5 Å². The summed E-state index contributed by atoms with van der Waals surface area (Å²) in [5, 5.41) is 16.5. The normalized spacial score (nSPS) is 15.9. The minimum atomic E-state index is -4.10. The number of sulfonamides is 1. The van der Waals surface area contributed by atoms with Crippen LogP contribution in [0.5, 0.6) is 17.6 Å². The lowest BCUT2D eigenvalue weighted by molar-refractivity contribution is 0.136. The maximum Gasteiger partial charge on any atom is 0.407 e. The summed E-state index contributed by atoms with van der Waals surface area (Å²) in [5.41, 5.74) is 0.426. The van der Waals surface area contributed by atoms with Gasteiger partial charge in [0.1, 0.15) is 12.0 Å². The van der Waals surface area contributed by atoms with Crippen LogP contribution >= 0.6 is 0 Å². The van der Waals surface area contributed by atoms with E-state index in [1.165, 1.54) is 32.2 Å². The van der Waals surface area contributed by atoms with Crippen molar-refractivity contribution in [2.24, 2.45) is 0 Å². The van der Waals surface area contributed by atoms with Crippen molar-refractivity contribution in [1.82, 2.24) is 34.6 Å². The molecule has 1 amide bonds. The predicted molar refractivity (Wildman–Crippen MR) is 125 cm³/mol. The summed E-state index contributed by atoms with van der Waals surface area (Å²) in [7, 11) is 0.117. The minimum absolute atomic E-state index is 0.0564. The molecule has 1 saturated heterocycles. The second-order valence-electron chi connectivity index (χ2n) is 7.63. The van der Waals surface area contributed by atoms with E-state index in [0.29, 0.717) is 18.0 Å². The van der Waals surface area contributed by atoms with Crippen molar-refractivity contribution >= 4 is 22.1 Å². The Morgan fingerprint density at radius 2 is 1.83 bits per heavy atom. The van der Waals surface area contributed by atoms with E-state index >= 15 is 0 Å². The van der Waals surface area contributed by atoms with Gasteiger partial charge in [-0.15, -0.1) is 10.2 Å². The zero-order chi connectivity index (χ0) is 25.9. The zero-order valence-corrected chi connectivity index (χ0v) is 20.5. The molecule has 15 nitrogen and oxygen atoms in total. The lowest BCUT2D eigenvalue weighted by Crippen LogP contribution is -2.46. The highest BCUT2D eigenvalue weighted by atomic mass is 32.2. The van der Waals surface area contributed by atoms with E-state index in [1.54, 1.807) is 18.2 Å². The van der Waals surface area contributed by atoms with Gasteiger partial charge in [-0.3, -0.25) is 4.72 Å². The van der Waals surface area contributed by atoms with Crippen molar-refractivity contribution in [1.29, 1.82) is 0 Å². The highest BCUT2D eigenvalue weighted by molar-refractivity contribution is 7.93. The highest BCUT2D eigenvalue weighted by Gasteiger charge is 2.35. The Balaban J connectivity index is 1.85. The standard InChI is InChI=1S/C20H24N8O7S/c1-33-14-8-4-7-13(23-14)16-24-25-19(28(16)15-17(34-2)21-11-22-18(15)35-3)26-36(31,32)12-6-5-9-27(10-12)20(29)30/h4,7-8,11-12H,5-6,9-10H2,1-3H3,(H,25,26)(H,29,30)/t12-/m1/s1. The van der Waals surface area contributed by atoms with E-state index < -0.39 is 21.4 Å². The number of pyridine rings is 1. The second kappa shape index (κ2) is 10.2. The molecule has 1 atom stereocenters. The average molecular weight is 521 g/mol. The van der Waals surface area contributed by atoms with Gasteiger partial charge in [0.05, 0.1) is 26.6 Å². The number of anilines is 1. The zero-order valence-electron chi connectivity index (χ0n) is 19.7. The van der Waals surface area contributed by atoms with Gasteiger partial charge < -0.3 is 24.2 Å². The Hall–Kier alpha value is -4.21. The fourth-order valence-electron chi connectivity index (χ4n) is 3.79. The number of nitrogens with one attached hydrogen (secondary N) is 1. The van der Waals surface area contributed by atoms with Gasteiger partial charge >= 0.3 is 6.09 Å². The number of hydrogen-bond acceptors (Lipinski definition) is 11. The summed E-state index contributed by atoms with van der Waals surface area (Å²) >= 11 is 0. The largest absolute Gasteiger partial charge is 0.481 e. The third-order valence-electron chi connectivity index (χ3n) is 5.51. The Kier molecular flexibility index (Phi) is 7.05. The van der Waals surface area contributed by atoms with Gasteiger partial charge in [-0.25, -0.2) is 22.8 Å². The van der Waals surface area contributed by atoms with Crippen LogP contribution in [0, 0.1) is 0 Å². The maximum absolute atomic E-state index is 13.3. The number of carbonyl (C=O) groups is 1. The third-order valence-corrected chi connectivity index (χ3v) is 7.24. The van der Waals surface area contributed by atoms with Crippen LogP contribution < -0.4 is 18.9 Å². The lowest BCUT2D eigenvalue weighted by Gasteiger charge is -2.30. The summed E-state index contributed by atoms with van der Waals surface area (Å²) in [6, 6.07) is 4.95. The first-order chi connectivity index (χ1) is 17.3. The molecule has 3 aromatic heterocycles. The van der Waals surface area contributed by atoms with Crippen LogP contribution in [-0.2, 0) is 10.0 Å². The number of carboxylic acid groups (broad SMARTS) is 1. The Labute approximate surface area is 206 Å². The Morgan fingerprint density at radius 3 is 2.47 bits per heavy atom. The summed E-state index contributed by atoms with van der Waals surface area (Å²) in [4.78, 5) is 25.1. The van der Waals surface area contributed by atoms with Crippen molar-refractivity contribution in [3.63, 3.8) is 0 Å². The number of nitrogens with zero attached hydrogens (tertiary/aromatic N) is 7. The van der Waals surface area contributed by atoms with Crippen molar-refractivity contribution in [3.8, 4) is 34.8 Å². The van der Waals surface area contributed by atoms with E-state index in [1.807, 2.05) is 0 Å². The fourth-order valence-corrected chi connectivity index (χ4v) is 5.20. The lowest BCUT2D eigenvalue weighted by atomic mass is 10.1. The Bertz CT molecular complexity index is 1340. The van der Waals surface area contributed by atoms with Gasteiger partial charge in [0.25, 0.3) is 0 Å². The second-order valence-corrected chi connectivity index (χ2v) is 9.59. The number of hydrogen-bond donors (Lipinski definition) is 2. The summed E-state index contributed by atoms with van der Waals surface area (Å²) in [5.74, 6) is 0.313. The van der Waals surface area contributed by atoms with E-state index in [2.05, 4.69) is 29.9 Å². The number of amides is 1.